The molecule has 0 unspecified atom stereocenters. The summed E-state index contributed by atoms with van der Waals surface area (Å²) in [5.41, 5.74) is -0.00517. The third-order valence-electron chi connectivity index (χ3n) is 2.31. The first-order valence-electron chi connectivity index (χ1n) is 5.22. The van der Waals surface area contributed by atoms with Gasteiger partial charge in [-0.2, -0.15) is 5.26 Å². The highest BCUT2D eigenvalue weighted by molar-refractivity contribution is 6.30. The second-order valence-corrected chi connectivity index (χ2v) is 4.06. The van der Waals surface area contributed by atoms with Gasteiger partial charge in [0, 0.05) is 6.20 Å². The number of rotatable bonds is 2. The zero-order valence-electron chi connectivity index (χ0n) is 9.52. The van der Waals surface area contributed by atoms with Gasteiger partial charge in [0.1, 0.15) is 11.6 Å². The van der Waals surface area contributed by atoms with Crippen LogP contribution in [0.15, 0.2) is 36.5 Å². The summed E-state index contributed by atoms with van der Waals surface area (Å²) in [5.74, 6) is -1.14. The summed E-state index contributed by atoms with van der Waals surface area (Å²) in [5, 5.41) is 11.5. The van der Waals surface area contributed by atoms with E-state index in [-0.39, 0.29) is 16.9 Å². The van der Waals surface area contributed by atoms with E-state index in [0.717, 1.165) is 6.07 Å². The molecule has 0 aliphatic rings. The number of hydrogen-bond acceptors (Lipinski definition) is 3. The number of halogens is 2. The molecule has 1 amide bonds. The van der Waals surface area contributed by atoms with Gasteiger partial charge >= 0.3 is 0 Å². The molecule has 0 bridgehead atoms. The van der Waals surface area contributed by atoms with Gasteiger partial charge in [0.2, 0.25) is 0 Å². The van der Waals surface area contributed by atoms with Crippen LogP contribution in [0.25, 0.3) is 0 Å². The number of aromatic nitrogens is 1. The van der Waals surface area contributed by atoms with E-state index < -0.39 is 11.7 Å². The highest BCUT2D eigenvalue weighted by Gasteiger charge is 2.12. The molecular weight excluding hydrogens is 269 g/mol. The monoisotopic (exact) mass is 275 g/mol. The molecule has 0 atom stereocenters. The number of carbonyl (C=O) groups excluding carboxylic acids is 1. The largest absolute Gasteiger partial charge is 0.306 e. The minimum absolute atomic E-state index is 0.152. The summed E-state index contributed by atoms with van der Waals surface area (Å²) in [7, 11) is 0. The molecule has 0 aliphatic carbocycles. The Morgan fingerprint density at radius 2 is 2.16 bits per heavy atom. The van der Waals surface area contributed by atoms with Crippen molar-refractivity contribution in [3.63, 3.8) is 0 Å². The number of nitrogens with zero attached hydrogens (tertiary/aromatic N) is 2. The second kappa shape index (κ2) is 5.46. The van der Waals surface area contributed by atoms with Crippen molar-refractivity contribution in [1.82, 2.24) is 4.98 Å². The Labute approximate surface area is 113 Å². The van der Waals surface area contributed by atoms with Crippen LogP contribution in [0.4, 0.5) is 10.2 Å². The summed E-state index contributed by atoms with van der Waals surface area (Å²) in [6, 6.07) is 8.47. The Morgan fingerprint density at radius 3 is 2.74 bits per heavy atom. The van der Waals surface area contributed by atoms with Crippen LogP contribution in [0.2, 0.25) is 5.02 Å². The van der Waals surface area contributed by atoms with E-state index in [1.807, 2.05) is 0 Å². The van der Waals surface area contributed by atoms with E-state index >= 15 is 0 Å². The summed E-state index contributed by atoms with van der Waals surface area (Å²) < 4.78 is 13.6. The van der Waals surface area contributed by atoms with Gasteiger partial charge in [-0.3, -0.25) is 4.79 Å². The summed E-state index contributed by atoms with van der Waals surface area (Å²) >= 11 is 5.66. The molecule has 2 rings (SSSR count). The minimum atomic E-state index is -0.759. The maximum Gasteiger partial charge on any atom is 0.259 e. The molecule has 0 saturated heterocycles. The van der Waals surface area contributed by atoms with E-state index in [1.165, 1.54) is 24.4 Å². The quantitative estimate of drug-likeness (QED) is 0.916. The van der Waals surface area contributed by atoms with Gasteiger partial charge in [0.15, 0.2) is 0 Å². The lowest BCUT2D eigenvalue weighted by molar-refractivity contribution is 0.102. The van der Waals surface area contributed by atoms with Gasteiger partial charge < -0.3 is 5.32 Å². The summed E-state index contributed by atoms with van der Waals surface area (Å²) in [6.07, 6.45) is 1.37. The summed E-state index contributed by atoms with van der Waals surface area (Å²) in [4.78, 5) is 15.7. The van der Waals surface area contributed by atoms with Crippen LogP contribution < -0.4 is 5.32 Å². The first kappa shape index (κ1) is 13.0. The number of hydrogen-bond donors (Lipinski definition) is 1. The minimum Gasteiger partial charge on any atom is -0.306 e. The number of nitrogens with one attached hydrogen (secondary N) is 1. The van der Waals surface area contributed by atoms with Crippen LogP contribution >= 0.6 is 11.6 Å². The van der Waals surface area contributed by atoms with Crippen molar-refractivity contribution in [3.05, 3.63) is 58.5 Å². The third-order valence-corrected chi connectivity index (χ3v) is 2.54. The first-order chi connectivity index (χ1) is 9.10. The lowest BCUT2D eigenvalue weighted by atomic mass is 10.1. The lowest BCUT2D eigenvalue weighted by Crippen LogP contribution is -2.14. The van der Waals surface area contributed by atoms with E-state index in [9.17, 15) is 9.18 Å². The van der Waals surface area contributed by atoms with Crippen molar-refractivity contribution in [2.45, 2.75) is 0 Å². The van der Waals surface area contributed by atoms with Gasteiger partial charge in [-0.1, -0.05) is 11.6 Å². The third kappa shape index (κ3) is 3.06. The smallest absolute Gasteiger partial charge is 0.259 e. The number of anilines is 1. The van der Waals surface area contributed by atoms with Crippen molar-refractivity contribution in [2.24, 2.45) is 0 Å². The molecule has 0 spiro atoms. The Bertz CT molecular complexity index is 665. The lowest BCUT2D eigenvalue weighted by Gasteiger charge is -2.05. The molecule has 1 aromatic carbocycles. The van der Waals surface area contributed by atoms with E-state index in [0.29, 0.717) is 5.02 Å². The van der Waals surface area contributed by atoms with Crippen LogP contribution in [-0.2, 0) is 0 Å². The molecule has 1 aromatic heterocycles. The van der Waals surface area contributed by atoms with Crippen molar-refractivity contribution in [1.29, 1.82) is 5.26 Å². The molecule has 0 aliphatic heterocycles. The fraction of sp³-hybridized carbons (Fsp3) is 0. The normalized spacial score (nSPS) is 9.74. The molecule has 0 saturated carbocycles. The molecule has 0 fully saturated rings. The van der Waals surface area contributed by atoms with E-state index in [1.54, 1.807) is 12.1 Å². The first-order valence-corrected chi connectivity index (χ1v) is 5.60. The zero-order chi connectivity index (χ0) is 13.8. The number of pyridine rings is 1. The molecule has 6 heteroatoms. The number of amides is 1. The molecule has 1 heterocycles. The van der Waals surface area contributed by atoms with Crippen LogP contribution in [-0.4, -0.2) is 10.9 Å². The predicted octanol–water partition coefficient (Wildman–Crippen LogP) is 3.00. The van der Waals surface area contributed by atoms with Gasteiger partial charge in [0.25, 0.3) is 5.91 Å². The topological polar surface area (TPSA) is 65.8 Å². The highest BCUT2D eigenvalue weighted by Crippen LogP contribution is 2.14. The number of nitriles is 1. The molecule has 4 nitrogen and oxygen atoms in total. The number of benzene rings is 1. The van der Waals surface area contributed by atoms with Crippen LogP contribution in [0, 0.1) is 17.1 Å². The average Bonchev–Trinajstić information content (AvgIpc) is 2.41. The molecule has 94 valence electrons. The van der Waals surface area contributed by atoms with E-state index in [2.05, 4.69) is 10.3 Å². The number of carbonyl (C=O) groups is 1. The Hall–Kier alpha value is -2.45. The van der Waals surface area contributed by atoms with E-state index in [4.69, 9.17) is 16.9 Å². The maximum absolute atomic E-state index is 13.6. The molecular formula is C13H7ClFN3O. The van der Waals surface area contributed by atoms with Crippen molar-refractivity contribution >= 4 is 23.3 Å². The Morgan fingerprint density at radius 1 is 1.37 bits per heavy atom. The van der Waals surface area contributed by atoms with Crippen molar-refractivity contribution in [3.8, 4) is 6.07 Å². The fourth-order valence-corrected chi connectivity index (χ4v) is 1.51. The standard InChI is InChI=1S/C13H7ClFN3O/c14-9-2-4-12(17-7-9)18-13(19)10-3-1-8(6-16)5-11(10)15/h1-5,7H,(H,17,18,19). The average molecular weight is 276 g/mol. The molecule has 19 heavy (non-hydrogen) atoms. The SMILES string of the molecule is N#Cc1ccc(C(=O)Nc2ccc(Cl)cn2)c(F)c1. The highest BCUT2D eigenvalue weighted by atomic mass is 35.5. The van der Waals surface area contributed by atoms with Crippen LogP contribution in [0.5, 0.6) is 0 Å². The van der Waals surface area contributed by atoms with Crippen LogP contribution in [0.3, 0.4) is 0 Å². The predicted molar refractivity (Wildman–Crippen MR) is 68.3 cm³/mol. The van der Waals surface area contributed by atoms with Gasteiger partial charge in [0.05, 0.1) is 22.2 Å². The van der Waals surface area contributed by atoms with Crippen molar-refractivity contribution < 1.29 is 9.18 Å². The molecule has 0 radical (unpaired) electrons. The van der Waals surface area contributed by atoms with Gasteiger partial charge in [-0.15, -0.1) is 0 Å². The zero-order valence-corrected chi connectivity index (χ0v) is 10.3. The van der Waals surface area contributed by atoms with Gasteiger partial charge in [-0.05, 0) is 30.3 Å². The maximum atomic E-state index is 13.6. The Kier molecular flexibility index (Phi) is 3.74. The summed E-state index contributed by atoms with van der Waals surface area (Å²) in [6.45, 7) is 0. The fourth-order valence-electron chi connectivity index (χ4n) is 1.40. The Balaban J connectivity index is 2.21. The molecule has 2 aromatic rings. The van der Waals surface area contributed by atoms with Gasteiger partial charge in [-0.25, -0.2) is 9.37 Å². The second-order valence-electron chi connectivity index (χ2n) is 3.62. The molecule has 1 N–H and O–H groups in total. The van der Waals surface area contributed by atoms with Crippen molar-refractivity contribution in [2.75, 3.05) is 5.32 Å². The van der Waals surface area contributed by atoms with Crippen LogP contribution in [0.1, 0.15) is 15.9 Å².